The van der Waals surface area contributed by atoms with Crippen LogP contribution in [0.2, 0.25) is 10.0 Å². The van der Waals surface area contributed by atoms with Crippen LogP contribution in [0.4, 0.5) is 28.9 Å². The first-order chi connectivity index (χ1) is 28.0. The van der Waals surface area contributed by atoms with Crippen molar-refractivity contribution in [2.75, 3.05) is 10.6 Å². The minimum absolute atomic E-state index is 0. The van der Waals surface area contributed by atoms with Gasteiger partial charge >= 0.3 is 21.7 Å². The molecule has 0 spiro atoms. The fraction of sp³-hybridized carbons (Fsp3) is 0.292. The minimum atomic E-state index is -0.949. The first-order valence-electron chi connectivity index (χ1n) is 19.4. The van der Waals surface area contributed by atoms with E-state index in [1.165, 1.54) is 0 Å². The first kappa shape index (κ1) is 50.9. The Morgan fingerprint density at radius 1 is 0.593 bits per heavy atom. The van der Waals surface area contributed by atoms with Crippen molar-refractivity contribution in [3.05, 3.63) is 177 Å². The largest absolute Gasteiger partial charge is 4.00 e. The number of benzene rings is 4. The molecule has 0 aromatic heterocycles. The van der Waals surface area contributed by atoms with Crippen molar-refractivity contribution >= 4 is 46.4 Å². The number of carbonyl (C=O) groups is 2. The summed E-state index contributed by atoms with van der Waals surface area (Å²) in [6.07, 6.45) is 30.4. The molecule has 0 radical (unpaired) electrons. The smallest absolute Gasteiger partial charge is 0.373 e. The van der Waals surface area contributed by atoms with Gasteiger partial charge in [0, 0.05) is 23.3 Å². The number of amides is 2. The number of carbonyl (C=O) groups excluding carboxylic acids is 2. The van der Waals surface area contributed by atoms with Crippen molar-refractivity contribution in [2.45, 2.75) is 90.9 Å². The number of nitrogens with one attached hydrogen (secondary N) is 2. The van der Waals surface area contributed by atoms with Crippen molar-refractivity contribution in [1.82, 2.24) is 0 Å². The quantitative estimate of drug-likeness (QED) is 0.0574. The molecule has 0 saturated heterocycles. The first-order valence-corrected chi connectivity index (χ1v) is 20.2. The average molecular weight is 880 g/mol. The Kier molecular flexibility index (Phi) is 25.1. The summed E-state index contributed by atoms with van der Waals surface area (Å²) in [5.41, 5.74) is 2.07. The molecule has 2 aliphatic carbocycles. The maximum Gasteiger partial charge on any atom is 4.00 e. The van der Waals surface area contributed by atoms with Crippen molar-refractivity contribution in [3.63, 3.8) is 0 Å². The maximum atomic E-state index is 13.6. The Hall–Kier alpha value is -4.21. The summed E-state index contributed by atoms with van der Waals surface area (Å²) in [6.45, 7) is 4.29. The summed E-state index contributed by atoms with van der Waals surface area (Å²) in [5, 5.41) is 5.55. The van der Waals surface area contributed by atoms with Crippen LogP contribution in [0.3, 0.4) is 0 Å². The van der Waals surface area contributed by atoms with E-state index >= 15 is 0 Å². The molecule has 0 aliphatic heterocycles. The second-order valence-electron chi connectivity index (χ2n) is 13.2. The van der Waals surface area contributed by atoms with Crippen LogP contribution in [0.1, 0.15) is 110 Å². The van der Waals surface area contributed by atoms with Crippen molar-refractivity contribution in [3.8, 4) is 0 Å². The minimum Gasteiger partial charge on any atom is -0.373 e. The van der Waals surface area contributed by atoms with Gasteiger partial charge in [-0.1, -0.05) is 99.8 Å². The third-order valence-electron chi connectivity index (χ3n) is 8.64. The van der Waals surface area contributed by atoms with Crippen LogP contribution in [-0.4, -0.2) is 11.8 Å². The van der Waals surface area contributed by atoms with E-state index in [0.717, 1.165) is 112 Å². The number of unbranched alkanes of at least 4 members (excludes halogenated alkanes) is 6. The molecule has 0 unspecified atom stereocenters. The van der Waals surface area contributed by atoms with E-state index in [9.17, 15) is 27.2 Å². The van der Waals surface area contributed by atoms with Crippen molar-refractivity contribution in [2.24, 2.45) is 0 Å². The Balaban J connectivity index is 0.000000323. The van der Waals surface area contributed by atoms with Gasteiger partial charge in [-0.05, 0) is 60.3 Å². The molecule has 0 saturated carbocycles. The molecule has 0 fully saturated rings. The number of rotatable bonds is 14. The second-order valence-corrected chi connectivity index (χ2v) is 13.9. The maximum absolute atomic E-state index is 13.6. The van der Waals surface area contributed by atoms with Gasteiger partial charge < -0.3 is 10.6 Å². The van der Waals surface area contributed by atoms with Crippen LogP contribution >= 0.6 is 23.2 Å². The average Bonchev–Trinajstić information content (AvgIpc) is 4.00. The van der Waals surface area contributed by atoms with Gasteiger partial charge in [0.2, 0.25) is 11.8 Å². The van der Waals surface area contributed by atoms with Gasteiger partial charge in [-0.15, -0.1) is 49.2 Å². The van der Waals surface area contributed by atoms with Crippen LogP contribution in [-0.2, 0) is 34.6 Å². The van der Waals surface area contributed by atoms with Gasteiger partial charge in [-0.25, -0.2) is 41.9 Å². The van der Waals surface area contributed by atoms with Crippen LogP contribution < -0.4 is 10.6 Å². The van der Waals surface area contributed by atoms with E-state index in [2.05, 4.69) is 48.8 Å². The fourth-order valence-corrected chi connectivity index (χ4v) is 6.13. The van der Waals surface area contributed by atoms with Crippen LogP contribution in [0.25, 0.3) is 0 Å². The normalized spacial score (nSPS) is 11.7. The third-order valence-corrected chi connectivity index (χ3v) is 9.53. The number of anilines is 2. The van der Waals surface area contributed by atoms with E-state index in [4.69, 9.17) is 23.2 Å². The number of allylic oxidation sites excluding steroid dienone is 8. The molecule has 4 aromatic carbocycles. The standard InChI is InChI=1S/2C19H19ClF2NO.2C5H5.Ti/c2*1-2-3-4-5-7-13-8-6-9-15(18(13)20)19(24)23-17-11-10-14(21)12-16(17)22;2*1-2-4-5-3-1;/h2*6,8-11H,2-5,7H2,1H3,(H,23,24);2*1-3H,4H2;/q4*-1;+4. The molecule has 0 heterocycles. The van der Waals surface area contributed by atoms with Gasteiger partial charge in [0.05, 0.1) is 21.2 Å². The molecule has 2 amide bonds. The molecule has 4 nitrogen and oxygen atoms in total. The molecule has 308 valence electrons. The Labute approximate surface area is 371 Å². The van der Waals surface area contributed by atoms with Crippen LogP contribution in [0.5, 0.6) is 0 Å². The van der Waals surface area contributed by atoms with Gasteiger partial charge in [0.1, 0.15) is 0 Å². The molecule has 11 heteroatoms. The van der Waals surface area contributed by atoms with E-state index in [0.29, 0.717) is 10.0 Å². The second kappa shape index (κ2) is 29.1. The summed E-state index contributed by atoms with van der Waals surface area (Å²) in [7, 11) is 0. The zero-order valence-electron chi connectivity index (χ0n) is 33.3. The summed E-state index contributed by atoms with van der Waals surface area (Å²) in [5.74, 6) is -4.61. The molecule has 2 aliphatic rings. The zero-order valence-corrected chi connectivity index (χ0v) is 36.4. The molecule has 0 atom stereocenters. The monoisotopic (exact) mass is 878 g/mol. The van der Waals surface area contributed by atoms with E-state index in [1.807, 2.05) is 48.6 Å². The predicted molar refractivity (Wildman–Crippen MR) is 228 cm³/mol. The number of halogens is 6. The molecule has 59 heavy (non-hydrogen) atoms. The van der Waals surface area contributed by atoms with E-state index < -0.39 is 35.1 Å². The molecule has 4 aromatic rings. The Morgan fingerprint density at radius 3 is 1.31 bits per heavy atom. The van der Waals surface area contributed by atoms with Gasteiger partial charge in [-0.2, -0.15) is 12.2 Å². The summed E-state index contributed by atoms with van der Waals surface area (Å²) < 4.78 is 52.9. The van der Waals surface area contributed by atoms with Gasteiger partial charge in [0.15, 0.2) is 0 Å². The summed E-state index contributed by atoms with van der Waals surface area (Å²) in [4.78, 5) is 24.7. The number of hydrogen-bond donors (Lipinski definition) is 2. The van der Waals surface area contributed by atoms with Gasteiger partial charge in [0.25, 0.3) is 0 Å². The molecule has 2 N–H and O–H groups in total. The summed E-state index contributed by atoms with van der Waals surface area (Å²) >= 11 is 12.7. The Bertz CT molecular complexity index is 1890. The van der Waals surface area contributed by atoms with Crippen molar-refractivity contribution in [1.29, 1.82) is 0 Å². The molecular weight excluding hydrogens is 831 g/mol. The number of aryl methyl sites for hydroxylation is 2. The topological polar surface area (TPSA) is 58.2 Å². The van der Waals surface area contributed by atoms with Crippen molar-refractivity contribution < 1.29 is 48.9 Å². The van der Waals surface area contributed by atoms with Gasteiger partial charge in [-0.3, -0.25) is 21.7 Å². The van der Waals surface area contributed by atoms with Crippen LogP contribution in [0, 0.1) is 47.6 Å². The molecular formula is C48H48Cl2F4N2O2Ti. The third kappa shape index (κ3) is 18.7. The number of hydrogen-bond acceptors (Lipinski definition) is 2. The SMILES string of the molecule is CCCCCCc1cccc(C(=O)Nc2ccc(F)[c-]c2F)c1Cl.CCCCCCc1cccc(C(=O)Nc2ccc(F)[c-]c2F)c1Cl.[C-]1=CC=CC1.[C-]1=CC=CC1.[Ti+4]. The Morgan fingerprint density at radius 2 is 1.00 bits per heavy atom. The predicted octanol–water partition coefficient (Wildman–Crippen LogP) is 14.2. The fourth-order valence-electron chi connectivity index (χ4n) is 5.52. The zero-order chi connectivity index (χ0) is 42.1. The van der Waals surface area contributed by atoms with E-state index in [1.54, 1.807) is 24.3 Å². The van der Waals surface area contributed by atoms with Crippen LogP contribution in [0.15, 0.2) is 97.1 Å². The summed E-state index contributed by atoms with van der Waals surface area (Å²) in [6, 6.07) is 18.6. The molecule has 0 bridgehead atoms. The van der Waals surface area contributed by atoms with E-state index in [-0.39, 0.29) is 44.2 Å². The molecule has 6 rings (SSSR count).